The maximum Gasteiger partial charge on any atom is 0.0891 e. The molecule has 1 aromatic rings. The summed E-state index contributed by atoms with van der Waals surface area (Å²) in [7, 11) is 0. The molecule has 1 rings (SSSR count). The van der Waals surface area contributed by atoms with Crippen LogP contribution < -0.4 is 5.73 Å². The molecule has 0 spiro atoms. The van der Waals surface area contributed by atoms with Crippen LogP contribution in [-0.4, -0.2) is 11.6 Å². The minimum Gasteiger partial charge on any atom is -0.398 e. The van der Waals surface area contributed by atoms with Gasteiger partial charge in [-0.2, -0.15) is 0 Å². The van der Waals surface area contributed by atoms with E-state index in [2.05, 4.69) is 11.9 Å². The van der Waals surface area contributed by atoms with Gasteiger partial charge in [-0.05, 0) is 31.4 Å². The Bertz CT molecular complexity index is 377. The normalized spacial score (nSPS) is 10.9. The second-order valence-electron chi connectivity index (χ2n) is 5.25. The number of pyridine rings is 1. The van der Waals surface area contributed by atoms with E-state index in [-0.39, 0.29) is 0 Å². The molecule has 0 aliphatic carbocycles. The lowest BCUT2D eigenvalue weighted by Crippen LogP contribution is -2.04. The van der Waals surface area contributed by atoms with Crippen molar-refractivity contribution in [3.63, 3.8) is 0 Å². The molecule has 0 aromatic carbocycles. The number of anilines is 1. The lowest BCUT2D eigenvalue weighted by atomic mass is 10.1. The smallest absolute Gasteiger partial charge is 0.0891 e. The van der Waals surface area contributed by atoms with Crippen molar-refractivity contribution >= 4 is 5.69 Å². The summed E-state index contributed by atoms with van der Waals surface area (Å²) in [5, 5.41) is 0. The van der Waals surface area contributed by atoms with E-state index in [1.807, 2.05) is 20.0 Å². The van der Waals surface area contributed by atoms with E-state index in [9.17, 15) is 0 Å². The Labute approximate surface area is 117 Å². The Balaban J connectivity index is 2.18. The summed E-state index contributed by atoms with van der Waals surface area (Å²) < 4.78 is 5.68. The average Bonchev–Trinajstić information content (AvgIpc) is 2.41. The molecule has 0 amide bonds. The number of aryl methyl sites for hydroxylation is 1. The van der Waals surface area contributed by atoms with Gasteiger partial charge in [-0.3, -0.25) is 4.98 Å². The van der Waals surface area contributed by atoms with Gasteiger partial charge in [0, 0.05) is 18.5 Å². The summed E-state index contributed by atoms with van der Waals surface area (Å²) in [6, 6.07) is 0. The van der Waals surface area contributed by atoms with E-state index >= 15 is 0 Å². The molecule has 0 fully saturated rings. The quantitative estimate of drug-likeness (QED) is 0.681. The molecule has 0 radical (unpaired) electrons. The number of nitrogen functional groups attached to an aromatic ring is 1. The van der Waals surface area contributed by atoms with Crippen LogP contribution in [-0.2, 0) is 11.3 Å². The van der Waals surface area contributed by atoms with Crippen molar-refractivity contribution in [2.75, 3.05) is 12.3 Å². The zero-order valence-electron chi connectivity index (χ0n) is 12.7. The van der Waals surface area contributed by atoms with Gasteiger partial charge in [-0.15, -0.1) is 0 Å². The van der Waals surface area contributed by atoms with E-state index in [0.29, 0.717) is 6.61 Å². The highest BCUT2D eigenvalue weighted by Crippen LogP contribution is 2.18. The van der Waals surface area contributed by atoms with Crippen LogP contribution in [0.4, 0.5) is 5.69 Å². The van der Waals surface area contributed by atoms with Crippen molar-refractivity contribution in [1.29, 1.82) is 0 Å². The molecule has 1 aromatic heterocycles. The molecule has 0 atom stereocenters. The van der Waals surface area contributed by atoms with Crippen LogP contribution in [0.1, 0.15) is 62.3 Å². The number of hydrogen-bond donors (Lipinski definition) is 1. The van der Waals surface area contributed by atoms with Gasteiger partial charge >= 0.3 is 0 Å². The van der Waals surface area contributed by atoms with Crippen LogP contribution in [0.25, 0.3) is 0 Å². The van der Waals surface area contributed by atoms with Gasteiger partial charge in [0.2, 0.25) is 0 Å². The van der Waals surface area contributed by atoms with Gasteiger partial charge in [-0.25, -0.2) is 0 Å². The number of nitrogens with two attached hydrogens (primary N) is 1. The SMILES string of the molecule is CCCCCCCCOCc1ncc(C)c(N)c1C. The molecule has 0 unspecified atom stereocenters. The maximum absolute atomic E-state index is 5.99. The molecule has 0 aliphatic heterocycles. The molecule has 3 heteroatoms. The van der Waals surface area contributed by atoms with Gasteiger partial charge in [0.05, 0.1) is 12.3 Å². The van der Waals surface area contributed by atoms with Crippen LogP contribution in [0.15, 0.2) is 6.20 Å². The van der Waals surface area contributed by atoms with Gasteiger partial charge in [0.25, 0.3) is 0 Å². The highest BCUT2D eigenvalue weighted by Gasteiger charge is 2.05. The van der Waals surface area contributed by atoms with E-state index in [1.54, 1.807) is 0 Å². The lowest BCUT2D eigenvalue weighted by molar-refractivity contribution is 0.114. The number of rotatable bonds is 9. The van der Waals surface area contributed by atoms with Crippen molar-refractivity contribution in [2.24, 2.45) is 0 Å². The zero-order valence-corrected chi connectivity index (χ0v) is 12.7. The van der Waals surface area contributed by atoms with Gasteiger partial charge in [-0.1, -0.05) is 39.0 Å². The fraction of sp³-hybridized carbons (Fsp3) is 0.688. The second kappa shape index (κ2) is 8.92. The summed E-state index contributed by atoms with van der Waals surface area (Å²) in [6.07, 6.45) is 9.57. The minimum absolute atomic E-state index is 0.575. The summed E-state index contributed by atoms with van der Waals surface area (Å²) in [5.41, 5.74) is 9.89. The molecule has 0 saturated carbocycles. The average molecular weight is 264 g/mol. The zero-order chi connectivity index (χ0) is 14.1. The van der Waals surface area contributed by atoms with Gasteiger partial charge in [0.15, 0.2) is 0 Å². The Morgan fingerprint density at radius 3 is 2.53 bits per heavy atom. The third-order valence-corrected chi connectivity index (χ3v) is 3.56. The van der Waals surface area contributed by atoms with Gasteiger partial charge in [0.1, 0.15) is 0 Å². The van der Waals surface area contributed by atoms with Crippen LogP contribution in [0.2, 0.25) is 0 Å². The van der Waals surface area contributed by atoms with Crippen molar-refractivity contribution in [2.45, 2.75) is 65.9 Å². The topological polar surface area (TPSA) is 48.1 Å². The van der Waals surface area contributed by atoms with Crippen molar-refractivity contribution in [3.05, 3.63) is 23.0 Å². The van der Waals surface area contributed by atoms with Crippen molar-refractivity contribution in [1.82, 2.24) is 4.98 Å². The monoisotopic (exact) mass is 264 g/mol. The van der Waals surface area contributed by atoms with E-state index in [0.717, 1.165) is 35.5 Å². The first-order valence-corrected chi connectivity index (χ1v) is 7.45. The number of unbranched alkanes of at least 4 members (excludes halogenated alkanes) is 5. The van der Waals surface area contributed by atoms with Crippen molar-refractivity contribution in [3.8, 4) is 0 Å². The summed E-state index contributed by atoms with van der Waals surface area (Å²) in [6.45, 7) is 7.63. The highest BCUT2D eigenvalue weighted by molar-refractivity contribution is 5.53. The van der Waals surface area contributed by atoms with Crippen molar-refractivity contribution < 1.29 is 4.74 Å². The third kappa shape index (κ3) is 5.60. The fourth-order valence-electron chi connectivity index (χ4n) is 2.09. The van der Waals surface area contributed by atoms with Crippen LogP contribution >= 0.6 is 0 Å². The minimum atomic E-state index is 0.575. The first-order chi connectivity index (χ1) is 9.16. The Morgan fingerprint density at radius 1 is 1.11 bits per heavy atom. The molecule has 19 heavy (non-hydrogen) atoms. The van der Waals surface area contributed by atoms with Crippen LogP contribution in [0.5, 0.6) is 0 Å². The van der Waals surface area contributed by atoms with Gasteiger partial charge < -0.3 is 10.5 Å². The number of aromatic nitrogens is 1. The van der Waals surface area contributed by atoms with Crippen LogP contribution in [0.3, 0.4) is 0 Å². The number of hydrogen-bond acceptors (Lipinski definition) is 3. The highest BCUT2D eigenvalue weighted by atomic mass is 16.5. The first-order valence-electron chi connectivity index (χ1n) is 7.45. The molecule has 3 nitrogen and oxygen atoms in total. The second-order valence-corrected chi connectivity index (χ2v) is 5.25. The lowest BCUT2D eigenvalue weighted by Gasteiger charge is -2.10. The standard InChI is InChI=1S/C16H28N2O/c1-4-5-6-7-8-9-10-19-12-15-14(3)16(17)13(2)11-18-15/h11H,4-10,12H2,1-3H3,(H2,17,18). The van der Waals surface area contributed by atoms with E-state index in [4.69, 9.17) is 10.5 Å². The number of ether oxygens (including phenoxy) is 1. The predicted octanol–water partition coefficient (Wildman–Crippen LogP) is 4.16. The van der Waals surface area contributed by atoms with Crippen LogP contribution in [0, 0.1) is 13.8 Å². The molecule has 2 N–H and O–H groups in total. The summed E-state index contributed by atoms with van der Waals surface area (Å²) in [5.74, 6) is 0. The van der Waals surface area contributed by atoms with E-state index in [1.165, 1.54) is 32.1 Å². The first kappa shape index (κ1) is 16.0. The molecule has 0 bridgehead atoms. The molecule has 108 valence electrons. The fourth-order valence-corrected chi connectivity index (χ4v) is 2.09. The Morgan fingerprint density at radius 2 is 1.79 bits per heavy atom. The van der Waals surface area contributed by atoms with E-state index < -0.39 is 0 Å². The molecule has 1 heterocycles. The molecule has 0 aliphatic rings. The largest absolute Gasteiger partial charge is 0.398 e. The number of nitrogens with zero attached hydrogens (tertiary/aromatic N) is 1. The summed E-state index contributed by atoms with van der Waals surface area (Å²) in [4.78, 5) is 4.39. The maximum atomic E-state index is 5.99. The molecule has 0 saturated heterocycles. The molecular weight excluding hydrogens is 236 g/mol. The predicted molar refractivity (Wildman–Crippen MR) is 81.2 cm³/mol. The summed E-state index contributed by atoms with van der Waals surface area (Å²) >= 11 is 0. The molecular formula is C16H28N2O. The third-order valence-electron chi connectivity index (χ3n) is 3.56. The Kier molecular flexibility index (Phi) is 7.49. The Hall–Kier alpha value is -1.09.